The number of aromatic nitrogens is 3. The number of rotatable bonds is 2. The zero-order valence-electron chi connectivity index (χ0n) is 7.49. The summed E-state index contributed by atoms with van der Waals surface area (Å²) in [5.41, 5.74) is 0.953. The molecule has 0 aliphatic rings. The maximum absolute atomic E-state index is 4.28. The lowest BCUT2D eigenvalue weighted by Gasteiger charge is -2.04. The van der Waals surface area contributed by atoms with Gasteiger partial charge in [-0.3, -0.25) is 9.67 Å². The Balaban J connectivity index is 2.29. The summed E-state index contributed by atoms with van der Waals surface area (Å²) >= 11 is 10.2. The quantitative estimate of drug-likeness (QED) is 0.777. The molecule has 0 aliphatic heterocycles. The monoisotopic (exact) mass is 393 g/mol. The van der Waals surface area contributed by atoms with Gasteiger partial charge >= 0.3 is 0 Å². The fourth-order valence-corrected chi connectivity index (χ4v) is 2.67. The van der Waals surface area contributed by atoms with Crippen molar-refractivity contribution in [3.8, 4) is 0 Å². The number of hydrogen-bond acceptors (Lipinski definition) is 2. The lowest BCUT2D eigenvalue weighted by atomic mass is 10.3. The van der Waals surface area contributed by atoms with Crippen molar-refractivity contribution in [2.45, 2.75) is 6.54 Å². The van der Waals surface area contributed by atoms with Crippen LogP contribution in [0.15, 0.2) is 38.1 Å². The minimum Gasteiger partial charge on any atom is -0.258 e. The number of halogens is 3. The van der Waals surface area contributed by atoms with Gasteiger partial charge in [0.2, 0.25) is 0 Å². The highest BCUT2D eigenvalue weighted by Gasteiger charge is 2.06. The molecule has 3 nitrogen and oxygen atoms in total. The molecule has 2 aromatic rings. The molecular weight excluding hydrogens is 390 g/mol. The van der Waals surface area contributed by atoms with E-state index in [4.69, 9.17) is 0 Å². The SMILES string of the molecule is Brc1cc(Br)n(Cc2ncccc2Br)n1. The molecule has 2 rings (SSSR count). The minimum atomic E-state index is 0.633. The average Bonchev–Trinajstić information content (AvgIpc) is 2.49. The first-order valence-corrected chi connectivity index (χ1v) is 6.53. The van der Waals surface area contributed by atoms with Gasteiger partial charge in [0.05, 0.1) is 12.2 Å². The summed E-state index contributed by atoms with van der Waals surface area (Å²) in [6.45, 7) is 0.633. The molecule has 0 unspecified atom stereocenters. The molecule has 0 radical (unpaired) electrons. The molecule has 0 N–H and O–H groups in total. The fraction of sp³-hybridized carbons (Fsp3) is 0.111. The van der Waals surface area contributed by atoms with Crippen LogP contribution in [0.4, 0.5) is 0 Å². The van der Waals surface area contributed by atoms with Gasteiger partial charge in [-0.15, -0.1) is 0 Å². The average molecular weight is 396 g/mol. The van der Waals surface area contributed by atoms with E-state index >= 15 is 0 Å². The van der Waals surface area contributed by atoms with E-state index in [9.17, 15) is 0 Å². The van der Waals surface area contributed by atoms with Gasteiger partial charge in [-0.05, 0) is 59.9 Å². The predicted molar refractivity (Wildman–Crippen MR) is 68.7 cm³/mol. The summed E-state index contributed by atoms with van der Waals surface area (Å²) in [7, 11) is 0. The molecule has 2 aromatic heterocycles. The third-order valence-electron chi connectivity index (χ3n) is 1.84. The van der Waals surface area contributed by atoms with Crippen LogP contribution in [0.1, 0.15) is 5.69 Å². The third-order valence-corrected chi connectivity index (χ3v) is 3.58. The van der Waals surface area contributed by atoms with Crippen molar-refractivity contribution in [3.63, 3.8) is 0 Å². The van der Waals surface area contributed by atoms with E-state index in [1.165, 1.54) is 0 Å². The first kappa shape index (κ1) is 11.3. The Morgan fingerprint density at radius 1 is 1.27 bits per heavy atom. The first-order valence-electron chi connectivity index (χ1n) is 4.15. The van der Waals surface area contributed by atoms with E-state index in [0.717, 1.165) is 19.4 Å². The maximum Gasteiger partial charge on any atom is 0.129 e. The number of pyridine rings is 1. The molecule has 0 saturated carbocycles. The van der Waals surface area contributed by atoms with Gasteiger partial charge in [0.25, 0.3) is 0 Å². The van der Waals surface area contributed by atoms with E-state index in [-0.39, 0.29) is 0 Å². The van der Waals surface area contributed by atoms with E-state index in [1.54, 1.807) is 6.20 Å². The lowest BCUT2D eigenvalue weighted by molar-refractivity contribution is 0.652. The second-order valence-corrected chi connectivity index (χ2v) is 5.36. The van der Waals surface area contributed by atoms with Gasteiger partial charge in [0, 0.05) is 16.7 Å². The molecule has 6 heteroatoms. The van der Waals surface area contributed by atoms with Gasteiger partial charge in [-0.2, -0.15) is 5.10 Å². The number of nitrogens with zero attached hydrogens (tertiary/aromatic N) is 3. The zero-order valence-corrected chi connectivity index (χ0v) is 12.3. The van der Waals surface area contributed by atoms with Crippen molar-refractivity contribution in [2.24, 2.45) is 0 Å². The van der Waals surface area contributed by atoms with Gasteiger partial charge < -0.3 is 0 Å². The summed E-state index contributed by atoms with van der Waals surface area (Å²) in [5.74, 6) is 0. The highest BCUT2D eigenvalue weighted by molar-refractivity contribution is 9.11. The van der Waals surface area contributed by atoms with Crippen LogP contribution in [0.25, 0.3) is 0 Å². The van der Waals surface area contributed by atoms with Gasteiger partial charge in [0.1, 0.15) is 9.21 Å². The Labute approximate surface area is 112 Å². The van der Waals surface area contributed by atoms with E-state index in [0.29, 0.717) is 6.54 Å². The Morgan fingerprint density at radius 3 is 2.67 bits per heavy atom. The van der Waals surface area contributed by atoms with Crippen LogP contribution in [-0.2, 0) is 6.54 Å². The summed E-state index contributed by atoms with van der Waals surface area (Å²) in [6.07, 6.45) is 1.77. The van der Waals surface area contributed by atoms with E-state index in [2.05, 4.69) is 57.9 Å². The van der Waals surface area contributed by atoms with Crippen LogP contribution >= 0.6 is 47.8 Å². The summed E-state index contributed by atoms with van der Waals surface area (Å²) in [6, 6.07) is 5.76. The minimum absolute atomic E-state index is 0.633. The molecule has 0 aromatic carbocycles. The van der Waals surface area contributed by atoms with Crippen molar-refractivity contribution in [1.29, 1.82) is 0 Å². The summed E-state index contributed by atoms with van der Waals surface area (Å²) in [5, 5.41) is 4.27. The largest absolute Gasteiger partial charge is 0.258 e. The summed E-state index contributed by atoms with van der Waals surface area (Å²) < 4.78 is 4.55. The second-order valence-electron chi connectivity index (χ2n) is 2.88. The summed E-state index contributed by atoms with van der Waals surface area (Å²) in [4.78, 5) is 4.28. The fourth-order valence-electron chi connectivity index (χ4n) is 1.15. The van der Waals surface area contributed by atoms with Crippen molar-refractivity contribution >= 4 is 47.8 Å². The third kappa shape index (κ3) is 2.68. The second kappa shape index (κ2) is 4.76. The molecule has 78 valence electrons. The van der Waals surface area contributed by atoms with Crippen LogP contribution in [0, 0.1) is 0 Å². The highest BCUT2D eigenvalue weighted by Crippen LogP contribution is 2.20. The first-order chi connectivity index (χ1) is 7.16. The molecule has 0 amide bonds. The molecule has 0 aliphatic carbocycles. The molecule has 0 atom stereocenters. The van der Waals surface area contributed by atoms with Crippen molar-refractivity contribution in [2.75, 3.05) is 0 Å². The van der Waals surface area contributed by atoms with Crippen molar-refractivity contribution < 1.29 is 0 Å². The highest BCUT2D eigenvalue weighted by atomic mass is 79.9. The Bertz CT molecular complexity index is 481. The smallest absolute Gasteiger partial charge is 0.129 e. The van der Waals surface area contributed by atoms with E-state index < -0.39 is 0 Å². The van der Waals surface area contributed by atoms with Crippen LogP contribution in [0.3, 0.4) is 0 Å². The van der Waals surface area contributed by atoms with Crippen LogP contribution in [-0.4, -0.2) is 14.8 Å². The normalized spacial score (nSPS) is 10.6. The van der Waals surface area contributed by atoms with E-state index in [1.807, 2.05) is 22.9 Å². The molecular formula is C9H6Br3N3. The molecule has 15 heavy (non-hydrogen) atoms. The molecule has 0 fully saturated rings. The van der Waals surface area contributed by atoms with Gasteiger partial charge in [-0.1, -0.05) is 0 Å². The van der Waals surface area contributed by atoms with Gasteiger partial charge in [-0.25, -0.2) is 0 Å². The Hall–Kier alpha value is -0.200. The molecule has 0 spiro atoms. The van der Waals surface area contributed by atoms with Crippen LogP contribution < -0.4 is 0 Å². The maximum atomic E-state index is 4.28. The standard InChI is InChI=1S/C9H6Br3N3/c10-6-2-1-3-13-7(6)5-15-9(12)4-8(11)14-15/h1-4H,5H2. The lowest BCUT2D eigenvalue weighted by Crippen LogP contribution is -2.04. The van der Waals surface area contributed by atoms with Crippen LogP contribution in [0.5, 0.6) is 0 Å². The topological polar surface area (TPSA) is 30.7 Å². The zero-order chi connectivity index (χ0) is 10.8. The van der Waals surface area contributed by atoms with Crippen molar-refractivity contribution in [1.82, 2.24) is 14.8 Å². The molecule has 0 bridgehead atoms. The Morgan fingerprint density at radius 2 is 2.07 bits per heavy atom. The molecule has 2 heterocycles. The van der Waals surface area contributed by atoms with Crippen LogP contribution in [0.2, 0.25) is 0 Å². The number of hydrogen-bond donors (Lipinski definition) is 0. The van der Waals surface area contributed by atoms with Crippen molar-refractivity contribution in [3.05, 3.63) is 43.8 Å². The molecule has 0 saturated heterocycles. The van der Waals surface area contributed by atoms with Gasteiger partial charge in [0.15, 0.2) is 0 Å². The predicted octanol–water partition coefficient (Wildman–Crippen LogP) is 3.61. The Kier molecular flexibility index (Phi) is 3.58.